The minimum absolute atomic E-state index is 0.0491. The summed E-state index contributed by atoms with van der Waals surface area (Å²) in [5.74, 6) is 1.37. The molecule has 0 radical (unpaired) electrons. The van der Waals surface area contributed by atoms with Crippen molar-refractivity contribution in [1.29, 1.82) is 0 Å². The number of nitrogens with zero attached hydrogens (tertiary/aromatic N) is 2. The third-order valence-corrected chi connectivity index (χ3v) is 8.13. The van der Waals surface area contributed by atoms with Gasteiger partial charge in [0.2, 0.25) is 5.91 Å². The number of aryl methyl sites for hydroxylation is 1. The summed E-state index contributed by atoms with van der Waals surface area (Å²) >= 11 is 0. The van der Waals surface area contributed by atoms with Crippen LogP contribution in [-0.2, 0) is 11.2 Å². The number of benzene rings is 2. The fourth-order valence-electron chi connectivity index (χ4n) is 6.23. The van der Waals surface area contributed by atoms with Crippen molar-refractivity contribution in [3.8, 4) is 5.75 Å². The van der Waals surface area contributed by atoms with Gasteiger partial charge in [0.25, 0.3) is 5.91 Å². The summed E-state index contributed by atoms with van der Waals surface area (Å²) in [5, 5.41) is 3.45. The molecule has 2 amide bonds. The molecule has 186 valence electrons. The molecule has 35 heavy (non-hydrogen) atoms. The van der Waals surface area contributed by atoms with Gasteiger partial charge in [-0.05, 0) is 73.4 Å². The second-order valence-electron chi connectivity index (χ2n) is 10.2. The van der Waals surface area contributed by atoms with Crippen LogP contribution in [0.15, 0.2) is 48.5 Å². The van der Waals surface area contributed by atoms with Crippen molar-refractivity contribution in [2.75, 3.05) is 33.3 Å². The van der Waals surface area contributed by atoms with E-state index >= 15 is 0 Å². The van der Waals surface area contributed by atoms with Gasteiger partial charge in [-0.3, -0.25) is 14.5 Å². The highest BCUT2D eigenvalue weighted by Gasteiger charge is 2.38. The molecule has 5 rings (SSSR count). The number of rotatable bonds is 6. The van der Waals surface area contributed by atoms with Crippen LogP contribution in [-0.4, -0.2) is 60.9 Å². The number of carbonyl (C=O) groups is 2. The Hall–Kier alpha value is -2.86. The zero-order chi connectivity index (χ0) is 24.2. The third kappa shape index (κ3) is 5.22. The Morgan fingerprint density at radius 1 is 0.914 bits per heavy atom. The molecular weight excluding hydrogens is 438 g/mol. The molecule has 0 unspecified atom stereocenters. The number of hydrogen-bond acceptors (Lipinski definition) is 4. The lowest BCUT2D eigenvalue weighted by Gasteiger charge is -2.41. The van der Waals surface area contributed by atoms with E-state index in [1.165, 1.54) is 24.0 Å². The van der Waals surface area contributed by atoms with Gasteiger partial charge in [-0.2, -0.15) is 0 Å². The first kappa shape index (κ1) is 23.9. The molecule has 2 fully saturated rings. The van der Waals surface area contributed by atoms with E-state index in [2.05, 4.69) is 34.5 Å². The van der Waals surface area contributed by atoms with Gasteiger partial charge in [0.15, 0.2) is 0 Å². The van der Waals surface area contributed by atoms with E-state index in [0.717, 1.165) is 50.9 Å². The van der Waals surface area contributed by atoms with E-state index in [0.29, 0.717) is 24.6 Å². The zero-order valence-corrected chi connectivity index (χ0v) is 20.7. The van der Waals surface area contributed by atoms with Crippen LogP contribution in [0.4, 0.5) is 0 Å². The number of fused-ring (bicyclic) bond motifs is 1. The molecule has 2 aromatic carbocycles. The van der Waals surface area contributed by atoms with Crippen molar-refractivity contribution in [2.24, 2.45) is 5.92 Å². The van der Waals surface area contributed by atoms with E-state index in [-0.39, 0.29) is 23.9 Å². The number of carbonyl (C=O) groups excluding carboxylic acids is 2. The van der Waals surface area contributed by atoms with E-state index in [1.54, 1.807) is 7.11 Å². The molecule has 0 spiro atoms. The second-order valence-corrected chi connectivity index (χ2v) is 10.2. The first-order valence-electron chi connectivity index (χ1n) is 13.2. The zero-order valence-electron chi connectivity index (χ0n) is 20.7. The molecule has 0 bridgehead atoms. The molecular formula is C29H37N3O3. The number of methoxy groups -OCH3 is 1. The van der Waals surface area contributed by atoms with Crippen LogP contribution in [0.1, 0.15) is 66.1 Å². The van der Waals surface area contributed by atoms with Crippen LogP contribution < -0.4 is 10.1 Å². The second kappa shape index (κ2) is 10.8. The number of ether oxygens (including phenoxy) is 1. The summed E-state index contributed by atoms with van der Waals surface area (Å²) in [6, 6.07) is 15.8. The van der Waals surface area contributed by atoms with Crippen molar-refractivity contribution in [2.45, 2.75) is 57.0 Å². The van der Waals surface area contributed by atoms with Gasteiger partial charge in [0.05, 0.1) is 19.2 Å². The SMILES string of the molecule is COc1ccc(C(=O)N2CCN([C@@H](C(=O)N[C@H]3CCCc4ccccc43)C3CCCC3)CC2)cc1. The van der Waals surface area contributed by atoms with Crippen LogP contribution in [0.2, 0.25) is 0 Å². The van der Waals surface area contributed by atoms with E-state index < -0.39 is 0 Å². The molecule has 2 aromatic rings. The van der Waals surface area contributed by atoms with Crippen molar-refractivity contribution in [1.82, 2.24) is 15.1 Å². The first-order valence-corrected chi connectivity index (χ1v) is 13.2. The molecule has 2 atom stereocenters. The average Bonchev–Trinajstić information content (AvgIpc) is 3.43. The van der Waals surface area contributed by atoms with Crippen molar-refractivity contribution in [3.63, 3.8) is 0 Å². The number of nitrogens with one attached hydrogen (secondary N) is 1. The first-order chi connectivity index (χ1) is 17.1. The standard InChI is InChI=1S/C29H37N3O3/c1-35-24-15-13-23(14-16-24)29(34)32-19-17-31(18-20-32)27(22-8-2-3-9-22)28(33)30-26-12-6-10-21-7-4-5-11-25(21)26/h4-5,7,11,13-16,22,26-27H,2-3,6,8-10,12,17-20H2,1H3,(H,30,33)/t26-,27+/m0/s1. The van der Waals surface area contributed by atoms with Gasteiger partial charge in [0.1, 0.15) is 5.75 Å². The highest BCUT2D eigenvalue weighted by Crippen LogP contribution is 2.33. The maximum atomic E-state index is 13.8. The Morgan fingerprint density at radius 3 is 2.34 bits per heavy atom. The molecule has 0 aromatic heterocycles. The summed E-state index contributed by atoms with van der Waals surface area (Å²) in [5.41, 5.74) is 3.33. The highest BCUT2D eigenvalue weighted by atomic mass is 16.5. The Labute approximate surface area is 208 Å². The largest absolute Gasteiger partial charge is 0.497 e. The molecule has 1 saturated carbocycles. The van der Waals surface area contributed by atoms with Gasteiger partial charge in [-0.15, -0.1) is 0 Å². The molecule has 1 N–H and O–H groups in total. The lowest BCUT2D eigenvalue weighted by Crippen LogP contribution is -2.58. The van der Waals surface area contributed by atoms with Crippen molar-refractivity contribution >= 4 is 11.8 Å². The normalized spacial score (nSPS) is 21.9. The smallest absolute Gasteiger partial charge is 0.253 e. The highest BCUT2D eigenvalue weighted by molar-refractivity contribution is 5.94. The van der Waals surface area contributed by atoms with E-state index in [9.17, 15) is 9.59 Å². The minimum Gasteiger partial charge on any atom is -0.497 e. The van der Waals surface area contributed by atoms with Gasteiger partial charge in [-0.1, -0.05) is 37.1 Å². The molecule has 1 aliphatic heterocycles. The summed E-state index contributed by atoms with van der Waals surface area (Å²) in [7, 11) is 1.62. The number of hydrogen-bond donors (Lipinski definition) is 1. The van der Waals surface area contributed by atoms with Crippen molar-refractivity contribution in [3.05, 3.63) is 65.2 Å². The van der Waals surface area contributed by atoms with Crippen LogP contribution in [0.3, 0.4) is 0 Å². The number of amides is 2. The quantitative estimate of drug-likeness (QED) is 0.680. The van der Waals surface area contributed by atoms with Gasteiger partial charge < -0.3 is 15.0 Å². The number of piperazine rings is 1. The van der Waals surface area contributed by atoms with Crippen LogP contribution >= 0.6 is 0 Å². The molecule has 1 heterocycles. The monoisotopic (exact) mass is 475 g/mol. The van der Waals surface area contributed by atoms with Crippen LogP contribution in [0.25, 0.3) is 0 Å². The Balaban J connectivity index is 1.25. The van der Waals surface area contributed by atoms with E-state index in [1.807, 2.05) is 29.2 Å². The summed E-state index contributed by atoms with van der Waals surface area (Å²) < 4.78 is 5.21. The molecule has 6 nitrogen and oxygen atoms in total. The Kier molecular flexibility index (Phi) is 7.37. The lowest BCUT2D eigenvalue weighted by molar-refractivity contribution is -0.130. The minimum atomic E-state index is -0.107. The maximum Gasteiger partial charge on any atom is 0.253 e. The summed E-state index contributed by atoms with van der Waals surface area (Å²) in [6.45, 7) is 2.76. The average molecular weight is 476 g/mol. The fourth-order valence-corrected chi connectivity index (χ4v) is 6.23. The topological polar surface area (TPSA) is 61.9 Å². The van der Waals surface area contributed by atoms with Crippen LogP contribution in [0.5, 0.6) is 5.75 Å². The Bertz CT molecular complexity index is 1020. The summed E-state index contributed by atoms with van der Waals surface area (Å²) in [4.78, 5) is 31.1. The molecule has 3 aliphatic rings. The predicted molar refractivity (Wildman–Crippen MR) is 136 cm³/mol. The van der Waals surface area contributed by atoms with E-state index in [4.69, 9.17) is 4.74 Å². The third-order valence-electron chi connectivity index (χ3n) is 8.13. The fraction of sp³-hybridized carbons (Fsp3) is 0.517. The lowest BCUT2D eigenvalue weighted by atomic mass is 9.87. The van der Waals surface area contributed by atoms with Crippen LogP contribution in [0, 0.1) is 5.92 Å². The molecule has 2 aliphatic carbocycles. The molecule has 1 saturated heterocycles. The predicted octanol–water partition coefficient (Wildman–Crippen LogP) is 4.21. The Morgan fingerprint density at radius 2 is 1.63 bits per heavy atom. The van der Waals surface area contributed by atoms with Gasteiger partial charge >= 0.3 is 0 Å². The van der Waals surface area contributed by atoms with Gasteiger partial charge in [-0.25, -0.2) is 0 Å². The molecule has 6 heteroatoms. The van der Waals surface area contributed by atoms with Gasteiger partial charge in [0, 0.05) is 31.7 Å². The summed E-state index contributed by atoms with van der Waals surface area (Å²) in [6.07, 6.45) is 7.85. The van der Waals surface area contributed by atoms with Crippen molar-refractivity contribution < 1.29 is 14.3 Å². The maximum absolute atomic E-state index is 13.8.